The molecular weight excluding hydrogens is 240 g/mol. The van der Waals surface area contributed by atoms with Gasteiger partial charge in [0.25, 0.3) is 0 Å². The van der Waals surface area contributed by atoms with E-state index < -0.39 is 0 Å². The zero-order valence-corrected chi connectivity index (χ0v) is 12.7. The van der Waals surface area contributed by atoms with Crippen LogP contribution in [0.5, 0.6) is 0 Å². The fourth-order valence-corrected chi connectivity index (χ4v) is 3.44. The number of hydrogen-bond acceptors (Lipinski definition) is 3. The summed E-state index contributed by atoms with van der Waals surface area (Å²) in [5.74, 6) is 2.21. The molecule has 0 bridgehead atoms. The first kappa shape index (κ1) is 14.6. The smallest absolute Gasteiger partial charge is 0.407 e. The molecule has 0 aromatic rings. The molecule has 2 atom stereocenters. The second kappa shape index (κ2) is 6.12. The maximum Gasteiger partial charge on any atom is 0.407 e. The summed E-state index contributed by atoms with van der Waals surface area (Å²) in [5.41, 5.74) is 0. The lowest BCUT2D eigenvalue weighted by molar-refractivity contribution is 0.0232. The van der Waals surface area contributed by atoms with E-state index in [1.165, 1.54) is 26.5 Å². The fourth-order valence-electron chi connectivity index (χ4n) is 3.44. The highest BCUT2D eigenvalue weighted by Crippen LogP contribution is 2.35. The van der Waals surface area contributed by atoms with Gasteiger partial charge in [-0.25, -0.2) is 4.79 Å². The molecule has 4 nitrogen and oxygen atoms in total. The first-order valence-corrected chi connectivity index (χ1v) is 7.58. The Hall–Kier alpha value is -0.770. The molecule has 19 heavy (non-hydrogen) atoms. The number of alkyl carbamates (subject to hydrolysis) is 1. The van der Waals surface area contributed by atoms with Crippen LogP contribution in [0.15, 0.2) is 0 Å². The molecule has 0 aromatic heterocycles. The van der Waals surface area contributed by atoms with Gasteiger partial charge >= 0.3 is 6.09 Å². The molecule has 4 heteroatoms. The third kappa shape index (κ3) is 3.62. The first-order valence-electron chi connectivity index (χ1n) is 7.58. The van der Waals surface area contributed by atoms with Gasteiger partial charge in [0.05, 0.1) is 7.11 Å². The predicted molar refractivity (Wildman–Crippen MR) is 76.0 cm³/mol. The van der Waals surface area contributed by atoms with E-state index in [1.807, 2.05) is 0 Å². The number of methoxy groups -OCH3 is 1. The van der Waals surface area contributed by atoms with Crippen LogP contribution >= 0.6 is 0 Å². The van der Waals surface area contributed by atoms with Gasteiger partial charge in [-0.1, -0.05) is 20.8 Å². The highest BCUT2D eigenvalue weighted by molar-refractivity contribution is 5.67. The molecule has 2 aliphatic rings. The third-order valence-electron chi connectivity index (χ3n) is 4.83. The molecule has 110 valence electrons. The van der Waals surface area contributed by atoms with Crippen molar-refractivity contribution in [3.05, 3.63) is 0 Å². The van der Waals surface area contributed by atoms with E-state index in [9.17, 15) is 4.79 Å². The molecule has 1 amide bonds. The summed E-state index contributed by atoms with van der Waals surface area (Å²) in [6.45, 7) is 9.06. The summed E-state index contributed by atoms with van der Waals surface area (Å²) in [4.78, 5) is 14.0. The van der Waals surface area contributed by atoms with Crippen LogP contribution in [0.4, 0.5) is 4.79 Å². The molecule has 2 rings (SSSR count). The minimum Gasteiger partial charge on any atom is -0.453 e. The van der Waals surface area contributed by atoms with Crippen molar-refractivity contribution < 1.29 is 9.53 Å². The number of carbonyl (C=O) groups excluding carboxylic acids is 1. The van der Waals surface area contributed by atoms with Crippen LogP contribution < -0.4 is 5.32 Å². The van der Waals surface area contributed by atoms with Gasteiger partial charge in [0.2, 0.25) is 0 Å². The van der Waals surface area contributed by atoms with E-state index >= 15 is 0 Å². The summed E-state index contributed by atoms with van der Waals surface area (Å²) < 4.78 is 4.73. The largest absolute Gasteiger partial charge is 0.453 e. The molecule has 0 spiro atoms. The van der Waals surface area contributed by atoms with Crippen LogP contribution in [0.3, 0.4) is 0 Å². The molecule has 2 unspecified atom stereocenters. The standard InChI is InChI=1S/C15H28N2O2/c1-10(2)12-7-13(16-15(18)19-4)9-17(8-12)14-5-11(3)6-14/h10-14H,5-9H2,1-4H3,(H,16,18). The zero-order chi connectivity index (χ0) is 14.0. The number of piperidine rings is 1. The van der Waals surface area contributed by atoms with Crippen molar-refractivity contribution in [2.75, 3.05) is 20.2 Å². The maximum atomic E-state index is 11.4. The van der Waals surface area contributed by atoms with Gasteiger partial charge in [-0.3, -0.25) is 4.90 Å². The van der Waals surface area contributed by atoms with Gasteiger partial charge in [-0.2, -0.15) is 0 Å². The van der Waals surface area contributed by atoms with E-state index in [0.717, 1.165) is 24.9 Å². The van der Waals surface area contributed by atoms with Gasteiger partial charge in [0, 0.05) is 25.2 Å². The number of amides is 1. The van der Waals surface area contributed by atoms with E-state index in [4.69, 9.17) is 4.74 Å². The molecule has 0 aromatic carbocycles. The van der Waals surface area contributed by atoms with Crippen molar-refractivity contribution >= 4 is 6.09 Å². The Balaban J connectivity index is 1.94. The van der Waals surface area contributed by atoms with Crippen molar-refractivity contribution in [3.63, 3.8) is 0 Å². The fraction of sp³-hybridized carbons (Fsp3) is 0.933. The van der Waals surface area contributed by atoms with Crippen LogP contribution in [-0.2, 0) is 4.74 Å². The zero-order valence-electron chi connectivity index (χ0n) is 12.7. The van der Waals surface area contributed by atoms with Gasteiger partial charge in [-0.15, -0.1) is 0 Å². The van der Waals surface area contributed by atoms with Gasteiger partial charge in [0.1, 0.15) is 0 Å². The highest BCUT2D eigenvalue weighted by atomic mass is 16.5. The minimum atomic E-state index is -0.295. The molecule has 1 heterocycles. The highest BCUT2D eigenvalue weighted by Gasteiger charge is 2.37. The predicted octanol–water partition coefficient (Wildman–Crippen LogP) is 2.49. The Bertz CT molecular complexity index is 313. The van der Waals surface area contributed by atoms with Crippen LogP contribution in [0.2, 0.25) is 0 Å². The normalized spacial score (nSPS) is 35.8. The van der Waals surface area contributed by atoms with Gasteiger partial charge in [0.15, 0.2) is 0 Å². The average molecular weight is 268 g/mol. The van der Waals surface area contributed by atoms with Crippen LogP contribution in [0.25, 0.3) is 0 Å². The summed E-state index contributed by atoms with van der Waals surface area (Å²) in [6, 6.07) is 0.975. The Labute approximate surface area is 116 Å². The molecular formula is C15H28N2O2. The first-order chi connectivity index (χ1) is 8.99. The molecule has 1 saturated carbocycles. The monoisotopic (exact) mass is 268 g/mol. The second-order valence-electron chi connectivity index (χ2n) is 6.76. The maximum absolute atomic E-state index is 11.4. The van der Waals surface area contributed by atoms with Gasteiger partial charge in [-0.05, 0) is 37.0 Å². The number of nitrogens with zero attached hydrogens (tertiary/aromatic N) is 1. The summed E-state index contributed by atoms with van der Waals surface area (Å²) in [5, 5.41) is 2.99. The quantitative estimate of drug-likeness (QED) is 0.855. The van der Waals surface area contributed by atoms with Crippen LogP contribution in [-0.4, -0.2) is 43.3 Å². The Morgan fingerprint density at radius 1 is 1.26 bits per heavy atom. The number of hydrogen-bond donors (Lipinski definition) is 1. The molecule has 1 aliphatic heterocycles. The molecule has 1 aliphatic carbocycles. The minimum absolute atomic E-state index is 0.240. The molecule has 1 saturated heterocycles. The number of carbonyl (C=O) groups is 1. The van der Waals surface area contributed by atoms with Crippen molar-refractivity contribution in [2.24, 2.45) is 17.8 Å². The lowest BCUT2D eigenvalue weighted by Crippen LogP contribution is -2.57. The van der Waals surface area contributed by atoms with E-state index in [0.29, 0.717) is 11.8 Å². The summed E-state index contributed by atoms with van der Waals surface area (Å²) >= 11 is 0. The van der Waals surface area contributed by atoms with E-state index in [1.54, 1.807) is 0 Å². The number of likely N-dealkylation sites (tertiary alicyclic amines) is 1. The third-order valence-corrected chi connectivity index (χ3v) is 4.83. The molecule has 0 radical (unpaired) electrons. The molecule has 1 N–H and O–H groups in total. The number of rotatable bonds is 3. The average Bonchev–Trinajstić information content (AvgIpc) is 2.34. The second-order valence-corrected chi connectivity index (χ2v) is 6.76. The van der Waals surface area contributed by atoms with E-state index in [-0.39, 0.29) is 12.1 Å². The number of ether oxygens (including phenoxy) is 1. The van der Waals surface area contributed by atoms with Crippen molar-refractivity contribution in [2.45, 2.75) is 52.1 Å². The van der Waals surface area contributed by atoms with Crippen molar-refractivity contribution in [3.8, 4) is 0 Å². The Morgan fingerprint density at radius 3 is 2.47 bits per heavy atom. The number of nitrogens with one attached hydrogen (secondary N) is 1. The van der Waals surface area contributed by atoms with Crippen LogP contribution in [0.1, 0.15) is 40.0 Å². The Morgan fingerprint density at radius 2 is 1.95 bits per heavy atom. The lowest BCUT2D eigenvalue weighted by Gasteiger charge is -2.48. The van der Waals surface area contributed by atoms with Crippen LogP contribution in [0, 0.1) is 17.8 Å². The van der Waals surface area contributed by atoms with Crippen molar-refractivity contribution in [1.82, 2.24) is 10.2 Å². The SMILES string of the molecule is COC(=O)NC1CC(C(C)C)CN(C2CC(C)C2)C1. The van der Waals surface area contributed by atoms with E-state index in [2.05, 4.69) is 31.0 Å². The van der Waals surface area contributed by atoms with Gasteiger partial charge < -0.3 is 10.1 Å². The topological polar surface area (TPSA) is 41.6 Å². The molecule has 2 fully saturated rings. The lowest BCUT2D eigenvalue weighted by atomic mass is 9.77. The van der Waals surface area contributed by atoms with Crippen molar-refractivity contribution in [1.29, 1.82) is 0 Å². The summed E-state index contributed by atoms with van der Waals surface area (Å²) in [6.07, 6.45) is 3.41. The Kier molecular flexibility index (Phi) is 4.71. The summed E-state index contributed by atoms with van der Waals surface area (Å²) in [7, 11) is 1.43.